The van der Waals surface area contributed by atoms with Gasteiger partial charge in [-0.2, -0.15) is 0 Å². The van der Waals surface area contributed by atoms with E-state index in [1.165, 1.54) is 5.56 Å². The number of amides is 1. The van der Waals surface area contributed by atoms with Gasteiger partial charge in [-0.05, 0) is 36.9 Å². The van der Waals surface area contributed by atoms with Crippen molar-refractivity contribution >= 4 is 11.6 Å². The van der Waals surface area contributed by atoms with Gasteiger partial charge in [0.2, 0.25) is 5.91 Å². The molecule has 1 aliphatic rings. The highest BCUT2D eigenvalue weighted by molar-refractivity contribution is 5.98. The Kier molecular flexibility index (Phi) is 3.68. The normalized spacial score (nSPS) is 17.1. The molecule has 3 heteroatoms. The lowest BCUT2D eigenvalue weighted by Gasteiger charge is -2.24. The summed E-state index contributed by atoms with van der Waals surface area (Å²) in [4.78, 5) is 12.4. The molecule has 1 fully saturated rings. The molecular formula is C16H24N2O. The summed E-state index contributed by atoms with van der Waals surface area (Å²) in [5.74, 6) is 0.151. The zero-order valence-corrected chi connectivity index (χ0v) is 12.3. The number of anilines is 1. The van der Waals surface area contributed by atoms with Crippen LogP contribution in [-0.4, -0.2) is 19.5 Å². The van der Waals surface area contributed by atoms with Crippen molar-refractivity contribution in [1.29, 1.82) is 0 Å². The van der Waals surface area contributed by atoms with Gasteiger partial charge in [-0.1, -0.05) is 39.0 Å². The number of carbonyl (C=O) groups is 1. The summed E-state index contributed by atoms with van der Waals surface area (Å²) in [5.41, 5.74) is 1.98. The van der Waals surface area contributed by atoms with Crippen LogP contribution in [0.25, 0.3) is 0 Å². The summed E-state index contributed by atoms with van der Waals surface area (Å²) in [6.07, 6.45) is 1.97. The maximum absolute atomic E-state index is 12.4. The van der Waals surface area contributed by atoms with Gasteiger partial charge in [0.15, 0.2) is 0 Å². The lowest BCUT2D eigenvalue weighted by molar-refractivity contribution is -0.121. The van der Waals surface area contributed by atoms with Gasteiger partial charge in [-0.15, -0.1) is 0 Å². The van der Waals surface area contributed by atoms with Crippen molar-refractivity contribution in [2.75, 3.05) is 18.9 Å². The fourth-order valence-corrected chi connectivity index (χ4v) is 2.47. The van der Waals surface area contributed by atoms with Gasteiger partial charge < -0.3 is 10.6 Å². The average Bonchev–Trinajstić information content (AvgIpc) is 3.10. The molecule has 0 aromatic heterocycles. The van der Waals surface area contributed by atoms with Crippen LogP contribution in [0, 0.1) is 5.41 Å². The van der Waals surface area contributed by atoms with Gasteiger partial charge >= 0.3 is 0 Å². The molecule has 0 unspecified atom stereocenters. The van der Waals surface area contributed by atoms with Crippen molar-refractivity contribution in [3.8, 4) is 0 Å². The minimum absolute atomic E-state index is 0.0313. The van der Waals surface area contributed by atoms with E-state index in [4.69, 9.17) is 0 Å². The Morgan fingerprint density at radius 2 is 1.89 bits per heavy atom. The predicted molar refractivity (Wildman–Crippen MR) is 79.4 cm³/mol. The van der Waals surface area contributed by atoms with Gasteiger partial charge in [-0.3, -0.25) is 4.79 Å². The second-order valence-corrected chi connectivity index (χ2v) is 6.56. The van der Waals surface area contributed by atoms with Gasteiger partial charge in [0.05, 0.1) is 5.41 Å². The molecule has 1 aliphatic carbocycles. The Morgan fingerprint density at radius 3 is 2.42 bits per heavy atom. The zero-order valence-electron chi connectivity index (χ0n) is 12.3. The lowest BCUT2D eigenvalue weighted by atomic mass is 9.85. The monoisotopic (exact) mass is 260 g/mol. The van der Waals surface area contributed by atoms with Crippen LogP contribution in [0.5, 0.6) is 0 Å². The maximum atomic E-state index is 12.4. The molecule has 0 heterocycles. The lowest BCUT2D eigenvalue weighted by Crippen LogP contribution is -2.33. The first-order valence-electron chi connectivity index (χ1n) is 6.95. The summed E-state index contributed by atoms with van der Waals surface area (Å²) in [5, 5.41) is 6.25. The molecule has 2 N–H and O–H groups in total. The largest absolute Gasteiger partial charge is 0.325 e. The number of carbonyl (C=O) groups excluding carboxylic acids is 1. The topological polar surface area (TPSA) is 41.1 Å². The molecule has 0 saturated heterocycles. The van der Waals surface area contributed by atoms with Gasteiger partial charge in [-0.25, -0.2) is 0 Å². The van der Waals surface area contributed by atoms with Crippen molar-refractivity contribution in [2.45, 2.75) is 39.0 Å². The van der Waals surface area contributed by atoms with Crippen LogP contribution in [0.15, 0.2) is 24.3 Å². The number of benzene rings is 1. The summed E-state index contributed by atoms with van der Waals surface area (Å²) in [7, 11) is 1.90. The molecule has 1 aromatic rings. The number of para-hydroxylation sites is 1. The Labute approximate surface area is 115 Å². The highest BCUT2D eigenvalue weighted by atomic mass is 16.2. The zero-order chi connectivity index (χ0) is 14.1. The summed E-state index contributed by atoms with van der Waals surface area (Å²) in [6, 6.07) is 8.08. The third-order valence-corrected chi connectivity index (χ3v) is 3.83. The van der Waals surface area contributed by atoms with E-state index in [-0.39, 0.29) is 16.7 Å². The molecule has 19 heavy (non-hydrogen) atoms. The first kappa shape index (κ1) is 14.1. The third-order valence-electron chi connectivity index (χ3n) is 3.83. The van der Waals surface area contributed by atoms with Crippen LogP contribution in [-0.2, 0) is 10.2 Å². The Hall–Kier alpha value is -1.35. The minimum atomic E-state index is -0.181. The summed E-state index contributed by atoms with van der Waals surface area (Å²) in [6.45, 7) is 7.26. The van der Waals surface area contributed by atoms with Crippen LogP contribution in [0.4, 0.5) is 5.69 Å². The standard InChI is InChI=1S/C16H24N2O/c1-15(2,3)12-7-5-6-8-13(12)18-14(19)16(9-10-16)11-17-4/h5-8,17H,9-11H2,1-4H3,(H,18,19). The van der Waals surface area contributed by atoms with Crippen molar-refractivity contribution in [3.05, 3.63) is 29.8 Å². The summed E-state index contributed by atoms with van der Waals surface area (Å²) < 4.78 is 0. The van der Waals surface area contributed by atoms with E-state index < -0.39 is 0 Å². The second kappa shape index (κ2) is 4.97. The van der Waals surface area contributed by atoms with Crippen molar-refractivity contribution in [3.63, 3.8) is 0 Å². The highest BCUT2D eigenvalue weighted by Crippen LogP contribution is 2.46. The highest BCUT2D eigenvalue weighted by Gasteiger charge is 2.49. The Morgan fingerprint density at radius 1 is 1.26 bits per heavy atom. The van der Waals surface area contributed by atoms with Gasteiger partial charge in [0.25, 0.3) is 0 Å². The van der Waals surface area contributed by atoms with Gasteiger partial charge in [0.1, 0.15) is 0 Å². The smallest absolute Gasteiger partial charge is 0.231 e. The molecule has 0 atom stereocenters. The first-order valence-corrected chi connectivity index (χ1v) is 6.95. The first-order chi connectivity index (χ1) is 8.89. The van der Waals surface area contributed by atoms with Crippen LogP contribution >= 0.6 is 0 Å². The second-order valence-electron chi connectivity index (χ2n) is 6.56. The molecule has 0 aliphatic heterocycles. The molecule has 0 spiro atoms. The van der Waals surface area contributed by atoms with Crippen LogP contribution in [0.3, 0.4) is 0 Å². The fourth-order valence-electron chi connectivity index (χ4n) is 2.47. The molecule has 0 bridgehead atoms. The number of hydrogen-bond acceptors (Lipinski definition) is 2. The van der Waals surface area contributed by atoms with E-state index in [2.05, 4.69) is 37.5 Å². The molecule has 1 amide bonds. The molecule has 1 saturated carbocycles. The van der Waals surface area contributed by atoms with E-state index >= 15 is 0 Å². The van der Waals surface area contributed by atoms with E-state index in [1.807, 2.05) is 25.2 Å². The average molecular weight is 260 g/mol. The van der Waals surface area contributed by atoms with E-state index in [0.29, 0.717) is 0 Å². The summed E-state index contributed by atoms with van der Waals surface area (Å²) >= 11 is 0. The Balaban J connectivity index is 2.18. The molecular weight excluding hydrogens is 236 g/mol. The van der Waals surface area contributed by atoms with E-state index in [9.17, 15) is 4.79 Å². The van der Waals surface area contributed by atoms with Crippen molar-refractivity contribution in [1.82, 2.24) is 5.32 Å². The number of rotatable bonds is 4. The maximum Gasteiger partial charge on any atom is 0.231 e. The molecule has 0 radical (unpaired) electrons. The van der Waals surface area contributed by atoms with E-state index in [0.717, 1.165) is 25.1 Å². The molecule has 1 aromatic carbocycles. The fraction of sp³-hybridized carbons (Fsp3) is 0.562. The predicted octanol–water partition coefficient (Wildman–Crippen LogP) is 2.92. The molecule has 2 rings (SSSR count). The number of nitrogens with one attached hydrogen (secondary N) is 2. The van der Waals surface area contributed by atoms with Crippen molar-refractivity contribution < 1.29 is 4.79 Å². The van der Waals surface area contributed by atoms with E-state index in [1.54, 1.807) is 0 Å². The van der Waals surface area contributed by atoms with Crippen LogP contribution < -0.4 is 10.6 Å². The number of hydrogen-bond donors (Lipinski definition) is 2. The molecule has 3 nitrogen and oxygen atoms in total. The van der Waals surface area contributed by atoms with Crippen LogP contribution in [0.1, 0.15) is 39.2 Å². The molecule has 104 valence electrons. The van der Waals surface area contributed by atoms with Crippen LogP contribution in [0.2, 0.25) is 0 Å². The van der Waals surface area contributed by atoms with Gasteiger partial charge in [0, 0.05) is 12.2 Å². The minimum Gasteiger partial charge on any atom is -0.325 e. The van der Waals surface area contributed by atoms with Crippen molar-refractivity contribution in [2.24, 2.45) is 5.41 Å². The Bertz CT molecular complexity index is 470. The SMILES string of the molecule is CNCC1(C(=O)Nc2ccccc2C(C)(C)C)CC1. The third kappa shape index (κ3) is 2.98. The quantitative estimate of drug-likeness (QED) is 0.874.